The van der Waals surface area contributed by atoms with Crippen LogP contribution in [0.5, 0.6) is 0 Å². The highest BCUT2D eigenvalue weighted by molar-refractivity contribution is 7.89. The van der Waals surface area contributed by atoms with Gasteiger partial charge in [-0.2, -0.15) is 4.31 Å². The number of hydrogen-bond acceptors (Lipinski definition) is 5. The van der Waals surface area contributed by atoms with Crippen LogP contribution in [0.4, 0.5) is 0 Å². The molecule has 0 bridgehead atoms. The summed E-state index contributed by atoms with van der Waals surface area (Å²) in [6, 6.07) is 8.38. The van der Waals surface area contributed by atoms with Crippen LogP contribution >= 0.6 is 0 Å². The van der Waals surface area contributed by atoms with Gasteiger partial charge in [-0.25, -0.2) is 8.42 Å². The predicted molar refractivity (Wildman–Crippen MR) is 112 cm³/mol. The standard InChI is InChI=1S/C21H31N3O5S/c22-21(27)16-6-10-23(11-7-16)12-8-18-15-24(13-9-17(18)14-20(25)26)30(28,29)19-4-2-1-3-5-19/h1-5,16-18H,6-15H2,(H2,22,27)(H,25,26)/t17-,18-/m0/s1. The van der Waals surface area contributed by atoms with Crippen molar-refractivity contribution in [1.82, 2.24) is 9.21 Å². The van der Waals surface area contributed by atoms with Gasteiger partial charge in [-0.15, -0.1) is 0 Å². The molecule has 2 saturated heterocycles. The van der Waals surface area contributed by atoms with Gasteiger partial charge >= 0.3 is 5.97 Å². The van der Waals surface area contributed by atoms with Crippen molar-refractivity contribution in [2.24, 2.45) is 23.5 Å². The van der Waals surface area contributed by atoms with E-state index in [1.54, 1.807) is 30.3 Å². The summed E-state index contributed by atoms with van der Waals surface area (Å²) in [5, 5.41) is 9.30. The number of carbonyl (C=O) groups excluding carboxylic acids is 1. The Bertz CT molecular complexity index is 837. The van der Waals surface area contributed by atoms with E-state index in [1.807, 2.05) is 0 Å². The number of carbonyl (C=O) groups is 2. The van der Waals surface area contributed by atoms with Crippen LogP contribution in [0.15, 0.2) is 35.2 Å². The molecule has 1 aromatic carbocycles. The van der Waals surface area contributed by atoms with Gasteiger partial charge in [0.05, 0.1) is 4.90 Å². The first-order chi connectivity index (χ1) is 14.3. The number of hydrogen-bond donors (Lipinski definition) is 2. The van der Waals surface area contributed by atoms with Gasteiger partial charge in [0.2, 0.25) is 15.9 Å². The van der Waals surface area contributed by atoms with Gasteiger partial charge in [-0.3, -0.25) is 9.59 Å². The molecule has 8 nitrogen and oxygen atoms in total. The fourth-order valence-corrected chi connectivity index (χ4v) is 6.15. The van der Waals surface area contributed by atoms with Gasteiger partial charge in [0.1, 0.15) is 0 Å². The molecular weight excluding hydrogens is 406 g/mol. The van der Waals surface area contributed by atoms with Crippen molar-refractivity contribution >= 4 is 21.9 Å². The number of sulfonamides is 1. The van der Waals surface area contributed by atoms with E-state index >= 15 is 0 Å². The van der Waals surface area contributed by atoms with Crippen LogP contribution in [-0.2, 0) is 19.6 Å². The first-order valence-corrected chi connectivity index (χ1v) is 12.0. The third kappa shape index (κ3) is 5.59. The molecule has 0 unspecified atom stereocenters. The first-order valence-electron chi connectivity index (χ1n) is 10.6. The average Bonchev–Trinajstić information content (AvgIpc) is 2.73. The molecule has 3 N–H and O–H groups in total. The van der Waals surface area contributed by atoms with Crippen molar-refractivity contribution in [3.63, 3.8) is 0 Å². The van der Waals surface area contributed by atoms with Crippen molar-refractivity contribution in [2.45, 2.75) is 37.0 Å². The van der Waals surface area contributed by atoms with Gasteiger partial charge < -0.3 is 15.7 Å². The molecule has 2 aliphatic heterocycles. The van der Waals surface area contributed by atoms with Crippen molar-refractivity contribution in [2.75, 3.05) is 32.7 Å². The smallest absolute Gasteiger partial charge is 0.303 e. The summed E-state index contributed by atoms with van der Waals surface area (Å²) < 4.78 is 27.6. The van der Waals surface area contributed by atoms with Gasteiger partial charge in [0.25, 0.3) is 0 Å². The Balaban J connectivity index is 1.64. The summed E-state index contributed by atoms with van der Waals surface area (Å²) in [6.45, 7) is 3.03. The highest BCUT2D eigenvalue weighted by atomic mass is 32.2. The van der Waals surface area contributed by atoms with Gasteiger partial charge in [-0.05, 0) is 69.3 Å². The Labute approximate surface area is 178 Å². The van der Waals surface area contributed by atoms with E-state index in [4.69, 9.17) is 5.73 Å². The molecule has 30 heavy (non-hydrogen) atoms. The van der Waals surface area contributed by atoms with E-state index in [9.17, 15) is 23.1 Å². The molecule has 2 fully saturated rings. The van der Waals surface area contributed by atoms with E-state index in [0.29, 0.717) is 19.5 Å². The minimum Gasteiger partial charge on any atom is -0.481 e. The second kappa shape index (κ2) is 9.89. The highest BCUT2D eigenvalue weighted by Crippen LogP contribution is 2.32. The van der Waals surface area contributed by atoms with Crippen LogP contribution in [-0.4, -0.2) is 67.3 Å². The van der Waals surface area contributed by atoms with E-state index in [-0.39, 0.29) is 35.0 Å². The maximum absolute atomic E-state index is 13.0. The number of benzene rings is 1. The topological polar surface area (TPSA) is 121 Å². The van der Waals surface area contributed by atoms with Crippen LogP contribution in [0.3, 0.4) is 0 Å². The second-order valence-electron chi connectivity index (χ2n) is 8.39. The van der Waals surface area contributed by atoms with Crippen molar-refractivity contribution < 1.29 is 23.1 Å². The number of piperidine rings is 2. The van der Waals surface area contributed by atoms with Crippen molar-refractivity contribution in [3.05, 3.63) is 30.3 Å². The number of amides is 1. The zero-order valence-electron chi connectivity index (χ0n) is 17.2. The fraction of sp³-hybridized carbons (Fsp3) is 0.619. The van der Waals surface area contributed by atoms with Crippen LogP contribution in [0.1, 0.15) is 32.1 Å². The number of aliphatic carboxylic acids is 1. The Hall–Kier alpha value is -1.97. The molecule has 3 rings (SSSR count). The van der Waals surface area contributed by atoms with E-state index < -0.39 is 16.0 Å². The number of primary amides is 1. The monoisotopic (exact) mass is 437 g/mol. The second-order valence-corrected chi connectivity index (χ2v) is 10.3. The minimum absolute atomic E-state index is 0.0119. The first kappa shape index (κ1) is 22.7. The van der Waals surface area contributed by atoms with Crippen molar-refractivity contribution in [1.29, 1.82) is 0 Å². The lowest BCUT2D eigenvalue weighted by molar-refractivity contribution is -0.139. The molecule has 0 spiro atoms. The Morgan fingerprint density at radius 3 is 2.30 bits per heavy atom. The maximum Gasteiger partial charge on any atom is 0.303 e. The van der Waals surface area contributed by atoms with Crippen LogP contribution < -0.4 is 5.73 Å². The molecule has 2 aliphatic rings. The molecule has 2 atom stereocenters. The maximum atomic E-state index is 13.0. The third-order valence-electron chi connectivity index (χ3n) is 6.48. The molecule has 0 radical (unpaired) electrons. The summed E-state index contributed by atoms with van der Waals surface area (Å²) in [5.74, 6) is -1.20. The lowest BCUT2D eigenvalue weighted by atomic mass is 9.81. The number of carboxylic acid groups (broad SMARTS) is 1. The van der Waals surface area contributed by atoms with Gasteiger partial charge in [0, 0.05) is 25.4 Å². The fourth-order valence-electron chi connectivity index (χ4n) is 4.62. The molecule has 1 amide bonds. The number of carboxylic acids is 1. The van der Waals surface area contributed by atoms with Crippen LogP contribution in [0.2, 0.25) is 0 Å². The lowest BCUT2D eigenvalue weighted by Crippen LogP contribution is -2.46. The van der Waals surface area contributed by atoms with Gasteiger partial charge in [0.15, 0.2) is 0 Å². The third-order valence-corrected chi connectivity index (χ3v) is 8.36. The lowest BCUT2D eigenvalue weighted by Gasteiger charge is -2.39. The highest BCUT2D eigenvalue weighted by Gasteiger charge is 2.36. The molecular formula is C21H31N3O5S. The zero-order valence-corrected chi connectivity index (χ0v) is 18.0. The normalized spacial score (nSPS) is 24.5. The van der Waals surface area contributed by atoms with Crippen LogP contribution in [0.25, 0.3) is 0 Å². The molecule has 0 saturated carbocycles. The average molecular weight is 438 g/mol. The summed E-state index contributed by atoms with van der Waals surface area (Å²) in [7, 11) is -3.59. The SMILES string of the molecule is NC(=O)C1CCN(CC[C@H]2CN(S(=O)(=O)c3ccccc3)CC[C@H]2CC(=O)O)CC1. The van der Waals surface area contributed by atoms with Crippen molar-refractivity contribution in [3.8, 4) is 0 Å². The molecule has 1 aromatic rings. The molecule has 9 heteroatoms. The van der Waals surface area contributed by atoms with E-state index in [0.717, 1.165) is 38.9 Å². The number of nitrogens with two attached hydrogens (primary N) is 1. The summed E-state index contributed by atoms with van der Waals surface area (Å²) in [4.78, 5) is 25.2. The zero-order chi connectivity index (χ0) is 21.7. The Kier molecular flexibility index (Phi) is 7.49. The van der Waals surface area contributed by atoms with E-state index in [2.05, 4.69) is 4.90 Å². The summed E-state index contributed by atoms with van der Waals surface area (Å²) in [6.07, 6.45) is 2.83. The predicted octanol–water partition coefficient (Wildman–Crippen LogP) is 1.38. The molecule has 0 aliphatic carbocycles. The largest absolute Gasteiger partial charge is 0.481 e. The Morgan fingerprint density at radius 1 is 1.03 bits per heavy atom. The number of likely N-dealkylation sites (tertiary alicyclic amines) is 1. The number of nitrogens with zero attached hydrogens (tertiary/aromatic N) is 2. The molecule has 2 heterocycles. The quantitative estimate of drug-likeness (QED) is 0.634. The summed E-state index contributed by atoms with van der Waals surface area (Å²) >= 11 is 0. The number of rotatable bonds is 8. The Morgan fingerprint density at radius 2 is 1.70 bits per heavy atom. The van der Waals surface area contributed by atoms with E-state index in [1.165, 1.54) is 4.31 Å². The molecule has 0 aromatic heterocycles. The molecule has 166 valence electrons. The van der Waals surface area contributed by atoms with Gasteiger partial charge in [-0.1, -0.05) is 18.2 Å². The summed E-state index contributed by atoms with van der Waals surface area (Å²) in [5.41, 5.74) is 5.40. The minimum atomic E-state index is -3.59. The van der Waals surface area contributed by atoms with Crippen LogP contribution in [0, 0.1) is 17.8 Å².